The molecule has 0 unspecified atom stereocenters. The summed E-state index contributed by atoms with van der Waals surface area (Å²) in [5.74, 6) is 0. The Labute approximate surface area is 117 Å². The number of hydrogen-bond acceptors (Lipinski definition) is 3. The fourth-order valence-electron chi connectivity index (χ4n) is 1.56. The third-order valence-electron chi connectivity index (χ3n) is 2.29. The van der Waals surface area contributed by atoms with E-state index in [-0.39, 0.29) is 5.43 Å². The van der Waals surface area contributed by atoms with Crippen LogP contribution in [0.5, 0.6) is 0 Å². The van der Waals surface area contributed by atoms with Gasteiger partial charge in [-0.25, -0.2) is 0 Å². The van der Waals surface area contributed by atoms with Crippen LogP contribution >= 0.6 is 22.7 Å². The van der Waals surface area contributed by atoms with Crippen molar-refractivity contribution in [1.29, 1.82) is 0 Å². The zero-order valence-electron chi connectivity index (χ0n) is 8.75. The van der Waals surface area contributed by atoms with Crippen LogP contribution in [0.1, 0.15) is 0 Å². The fourth-order valence-corrected chi connectivity index (χ4v) is 6.85. The van der Waals surface area contributed by atoms with E-state index in [1.807, 2.05) is 24.3 Å². The maximum absolute atomic E-state index is 11.8. The molecular formula is C13H8OS2Te. The summed E-state index contributed by atoms with van der Waals surface area (Å²) in [6.45, 7) is 0. The molecule has 0 aromatic carbocycles. The number of thiophene rings is 2. The van der Waals surface area contributed by atoms with Crippen molar-refractivity contribution in [1.82, 2.24) is 0 Å². The van der Waals surface area contributed by atoms with E-state index in [1.54, 1.807) is 22.7 Å². The Morgan fingerprint density at radius 1 is 0.882 bits per heavy atom. The molecule has 0 N–H and O–H groups in total. The van der Waals surface area contributed by atoms with Crippen LogP contribution in [0.2, 0.25) is 0 Å². The second-order valence-electron chi connectivity index (χ2n) is 3.48. The van der Waals surface area contributed by atoms with E-state index >= 15 is 0 Å². The molecule has 0 spiro atoms. The summed E-state index contributed by atoms with van der Waals surface area (Å²) in [7, 11) is 0. The van der Waals surface area contributed by atoms with Gasteiger partial charge >= 0.3 is 117 Å². The molecule has 3 rings (SSSR count). The van der Waals surface area contributed by atoms with Crippen LogP contribution < -0.4 is 5.43 Å². The Balaban J connectivity index is 2.17. The van der Waals surface area contributed by atoms with Gasteiger partial charge in [-0.15, -0.1) is 0 Å². The van der Waals surface area contributed by atoms with Crippen LogP contribution in [-0.4, -0.2) is 20.4 Å². The Morgan fingerprint density at radius 3 is 1.82 bits per heavy atom. The normalized spacial score (nSPS) is 10.6. The molecule has 1 nitrogen and oxygen atoms in total. The molecular weight excluding hydrogens is 364 g/mol. The van der Waals surface area contributed by atoms with Crippen molar-refractivity contribution in [3.8, 4) is 16.9 Å². The van der Waals surface area contributed by atoms with Crippen LogP contribution in [0, 0.1) is 0 Å². The van der Waals surface area contributed by atoms with Gasteiger partial charge in [-0.1, -0.05) is 0 Å². The molecule has 4 heteroatoms. The summed E-state index contributed by atoms with van der Waals surface area (Å²) in [5, 5.41) is 4.13. The van der Waals surface area contributed by atoms with Gasteiger partial charge in [0.1, 0.15) is 0 Å². The molecule has 0 aliphatic heterocycles. The summed E-state index contributed by atoms with van der Waals surface area (Å²) in [5.41, 5.74) is 0.133. The second kappa shape index (κ2) is 4.91. The molecule has 0 atom stereocenters. The van der Waals surface area contributed by atoms with E-state index < -0.39 is 20.4 Å². The topological polar surface area (TPSA) is 17.1 Å². The van der Waals surface area contributed by atoms with E-state index in [2.05, 4.69) is 22.9 Å². The van der Waals surface area contributed by atoms with Crippen LogP contribution in [0.15, 0.2) is 52.0 Å². The average Bonchev–Trinajstić information content (AvgIpc) is 3.02. The molecule has 3 aromatic heterocycles. The van der Waals surface area contributed by atoms with E-state index in [1.165, 1.54) is 16.9 Å². The Hall–Kier alpha value is -0.660. The molecule has 0 radical (unpaired) electrons. The summed E-state index contributed by atoms with van der Waals surface area (Å²) in [4.78, 5) is 14.3. The van der Waals surface area contributed by atoms with Gasteiger partial charge in [0.25, 0.3) is 0 Å². The molecule has 3 heterocycles. The predicted molar refractivity (Wildman–Crippen MR) is 76.3 cm³/mol. The van der Waals surface area contributed by atoms with Gasteiger partial charge in [-0.3, -0.25) is 0 Å². The maximum atomic E-state index is 11.8. The van der Waals surface area contributed by atoms with Gasteiger partial charge in [-0.2, -0.15) is 0 Å². The zero-order valence-corrected chi connectivity index (χ0v) is 12.7. The van der Waals surface area contributed by atoms with Crippen molar-refractivity contribution in [3.05, 3.63) is 57.4 Å². The van der Waals surface area contributed by atoms with Crippen LogP contribution in [0.3, 0.4) is 0 Å². The van der Waals surface area contributed by atoms with Crippen LogP contribution in [-0.2, 0) is 0 Å². The summed E-state index contributed by atoms with van der Waals surface area (Å²) in [6, 6.07) is 11.9. The SMILES string of the molecule is O=c1cc(-c2cccs2)[te]c(-c2cccs2)c1. The summed E-state index contributed by atoms with van der Waals surface area (Å²) >= 11 is 3.01. The van der Waals surface area contributed by atoms with Gasteiger partial charge in [0.15, 0.2) is 0 Å². The van der Waals surface area contributed by atoms with Gasteiger partial charge in [0, 0.05) is 0 Å². The van der Waals surface area contributed by atoms with E-state index in [0.717, 1.165) is 0 Å². The first-order chi connectivity index (χ1) is 8.33. The average molecular weight is 372 g/mol. The number of hydrogen-bond donors (Lipinski definition) is 0. The van der Waals surface area contributed by atoms with Crippen molar-refractivity contribution in [2.24, 2.45) is 0 Å². The summed E-state index contributed by atoms with van der Waals surface area (Å²) < 4.78 is 2.53. The Bertz CT molecular complexity index is 610. The first-order valence-corrected chi connectivity index (χ1v) is 9.15. The second-order valence-corrected chi connectivity index (χ2v) is 8.46. The quantitative estimate of drug-likeness (QED) is 0.629. The summed E-state index contributed by atoms with van der Waals surface area (Å²) in [6.07, 6.45) is 0. The molecule has 0 aliphatic carbocycles. The first kappa shape index (κ1) is 11.4. The van der Waals surface area contributed by atoms with E-state index in [9.17, 15) is 4.79 Å². The van der Waals surface area contributed by atoms with Crippen molar-refractivity contribution in [2.45, 2.75) is 0 Å². The van der Waals surface area contributed by atoms with E-state index in [4.69, 9.17) is 0 Å². The van der Waals surface area contributed by atoms with Gasteiger partial charge in [-0.05, 0) is 0 Å². The molecule has 0 saturated heterocycles. The minimum atomic E-state index is -0.424. The molecule has 84 valence electrons. The molecule has 17 heavy (non-hydrogen) atoms. The molecule has 0 saturated carbocycles. The van der Waals surface area contributed by atoms with Crippen molar-refractivity contribution < 1.29 is 0 Å². The van der Waals surface area contributed by atoms with Gasteiger partial charge in [0.2, 0.25) is 0 Å². The number of rotatable bonds is 2. The van der Waals surface area contributed by atoms with Crippen molar-refractivity contribution >= 4 is 43.1 Å². The van der Waals surface area contributed by atoms with Crippen molar-refractivity contribution in [3.63, 3.8) is 0 Å². The molecule has 0 amide bonds. The first-order valence-electron chi connectivity index (χ1n) is 5.06. The van der Waals surface area contributed by atoms with Gasteiger partial charge in [0.05, 0.1) is 0 Å². The van der Waals surface area contributed by atoms with Gasteiger partial charge < -0.3 is 0 Å². The predicted octanol–water partition coefficient (Wildman–Crippen LogP) is 3.56. The monoisotopic (exact) mass is 374 g/mol. The van der Waals surface area contributed by atoms with Crippen molar-refractivity contribution in [2.75, 3.05) is 0 Å². The van der Waals surface area contributed by atoms with Crippen LogP contribution in [0.4, 0.5) is 0 Å². The van der Waals surface area contributed by atoms with Crippen LogP contribution in [0.25, 0.3) is 16.9 Å². The molecule has 0 bridgehead atoms. The fraction of sp³-hybridized carbons (Fsp3) is 0. The third kappa shape index (κ3) is 2.46. The zero-order chi connectivity index (χ0) is 11.7. The Morgan fingerprint density at radius 2 is 1.41 bits per heavy atom. The molecule has 0 fully saturated rings. The standard InChI is InChI=1S/C13H8OS2Te/c14-9-7-12(10-3-1-5-15-10)17-13(8-9)11-4-2-6-16-11/h1-8H. The van der Waals surface area contributed by atoms with E-state index in [0.29, 0.717) is 0 Å². The minimum absolute atomic E-state index is 0.133. The molecule has 3 aromatic rings. The third-order valence-corrected chi connectivity index (χ3v) is 8.09. The molecule has 0 aliphatic rings. The Kier molecular flexibility index (Phi) is 3.30.